The molecule has 0 amide bonds. The summed E-state index contributed by atoms with van der Waals surface area (Å²) in [6, 6.07) is 0. The van der Waals surface area contributed by atoms with Crippen molar-refractivity contribution in [3.63, 3.8) is 0 Å². The molecule has 0 spiro atoms. The number of hydrogen-bond donors (Lipinski definition) is 0. The third-order valence-electron chi connectivity index (χ3n) is 4.13. The van der Waals surface area contributed by atoms with E-state index in [0.29, 0.717) is 0 Å². The van der Waals surface area contributed by atoms with Gasteiger partial charge in [0.1, 0.15) is 22.0 Å². The number of aryl methyl sites for hydroxylation is 3. The number of anilines is 1. The number of thiophene rings is 1. The van der Waals surface area contributed by atoms with E-state index in [0.717, 1.165) is 27.9 Å². The first kappa shape index (κ1) is 14.1. The van der Waals surface area contributed by atoms with Crippen LogP contribution in [-0.2, 0) is 19.4 Å². The Morgan fingerprint density at radius 2 is 2.09 bits per heavy atom. The molecule has 1 aliphatic carbocycles. The maximum atomic E-state index is 4.59. The highest BCUT2D eigenvalue weighted by molar-refractivity contribution is 7.19. The van der Waals surface area contributed by atoms with Gasteiger partial charge in [-0.3, -0.25) is 0 Å². The van der Waals surface area contributed by atoms with Crippen LogP contribution in [0.25, 0.3) is 10.2 Å². The first-order valence-corrected chi connectivity index (χ1v) is 9.29. The van der Waals surface area contributed by atoms with Gasteiger partial charge in [-0.15, -0.1) is 22.7 Å². The lowest BCUT2D eigenvalue weighted by Gasteiger charge is -2.19. The smallest absolute Gasteiger partial charge is 0.141 e. The summed E-state index contributed by atoms with van der Waals surface area (Å²) < 4.78 is 0. The standard InChI is InChI=1S/C16H18N4S2/c1-10-8-21-13(19-10)7-20(2)15-14-11-5-3-4-6-12(11)22-16(14)18-9-17-15/h8-9H,3-7H2,1-2H3. The first-order chi connectivity index (χ1) is 10.7. The predicted octanol–water partition coefficient (Wildman–Crippen LogP) is 3.97. The SMILES string of the molecule is Cc1csc(CN(C)c2ncnc3sc4c(c23)CCCC4)n1. The van der Waals surface area contributed by atoms with Gasteiger partial charge in [-0.25, -0.2) is 15.0 Å². The third-order valence-corrected chi connectivity index (χ3v) is 6.28. The van der Waals surface area contributed by atoms with E-state index in [2.05, 4.69) is 32.3 Å². The Balaban J connectivity index is 1.75. The van der Waals surface area contributed by atoms with Crippen molar-refractivity contribution < 1.29 is 0 Å². The number of aromatic nitrogens is 3. The number of nitrogens with zero attached hydrogens (tertiary/aromatic N) is 4. The topological polar surface area (TPSA) is 41.9 Å². The van der Waals surface area contributed by atoms with Gasteiger partial charge in [0.25, 0.3) is 0 Å². The average Bonchev–Trinajstić information content (AvgIpc) is 3.10. The molecule has 3 aromatic heterocycles. The second kappa shape index (κ2) is 5.59. The lowest BCUT2D eigenvalue weighted by molar-refractivity contribution is 0.700. The second-order valence-corrected chi connectivity index (χ2v) is 7.85. The average molecular weight is 330 g/mol. The van der Waals surface area contributed by atoms with Gasteiger partial charge in [0, 0.05) is 23.0 Å². The highest BCUT2D eigenvalue weighted by atomic mass is 32.1. The van der Waals surface area contributed by atoms with Gasteiger partial charge in [0.05, 0.1) is 11.9 Å². The van der Waals surface area contributed by atoms with Crippen molar-refractivity contribution in [1.29, 1.82) is 0 Å². The van der Waals surface area contributed by atoms with Crippen LogP contribution in [0.5, 0.6) is 0 Å². The number of hydrogen-bond acceptors (Lipinski definition) is 6. The molecule has 0 saturated heterocycles. The van der Waals surface area contributed by atoms with Crippen LogP contribution in [0.15, 0.2) is 11.7 Å². The van der Waals surface area contributed by atoms with Crippen LogP contribution in [0.3, 0.4) is 0 Å². The molecule has 0 bridgehead atoms. The fraction of sp³-hybridized carbons (Fsp3) is 0.438. The Hall–Kier alpha value is -1.53. The Morgan fingerprint density at radius 1 is 1.23 bits per heavy atom. The molecule has 22 heavy (non-hydrogen) atoms. The van der Waals surface area contributed by atoms with Gasteiger partial charge in [0.2, 0.25) is 0 Å². The minimum Gasteiger partial charge on any atom is -0.352 e. The van der Waals surface area contributed by atoms with Crippen molar-refractivity contribution in [2.24, 2.45) is 0 Å². The van der Waals surface area contributed by atoms with E-state index >= 15 is 0 Å². The highest BCUT2D eigenvalue weighted by Crippen LogP contribution is 2.39. The monoisotopic (exact) mass is 330 g/mol. The lowest BCUT2D eigenvalue weighted by atomic mass is 9.97. The first-order valence-electron chi connectivity index (χ1n) is 7.60. The molecule has 0 fully saturated rings. The zero-order valence-electron chi connectivity index (χ0n) is 12.8. The Labute approximate surface area is 137 Å². The van der Waals surface area contributed by atoms with E-state index in [9.17, 15) is 0 Å². The molecule has 0 aromatic carbocycles. The number of fused-ring (bicyclic) bond motifs is 3. The summed E-state index contributed by atoms with van der Waals surface area (Å²) >= 11 is 3.57. The molecule has 0 atom stereocenters. The molecule has 6 heteroatoms. The van der Waals surface area contributed by atoms with E-state index in [1.807, 2.05) is 18.3 Å². The second-order valence-electron chi connectivity index (χ2n) is 5.83. The van der Waals surface area contributed by atoms with Gasteiger partial charge >= 0.3 is 0 Å². The molecule has 0 unspecified atom stereocenters. The fourth-order valence-electron chi connectivity index (χ4n) is 3.12. The molecule has 1 aliphatic rings. The molecular formula is C16H18N4S2. The summed E-state index contributed by atoms with van der Waals surface area (Å²) in [5, 5.41) is 4.51. The summed E-state index contributed by atoms with van der Waals surface area (Å²) in [6.07, 6.45) is 6.65. The molecule has 3 aromatic rings. The van der Waals surface area contributed by atoms with Crippen LogP contribution in [0.2, 0.25) is 0 Å². The maximum absolute atomic E-state index is 4.59. The summed E-state index contributed by atoms with van der Waals surface area (Å²) in [6.45, 7) is 2.84. The van der Waals surface area contributed by atoms with E-state index in [1.54, 1.807) is 17.7 Å². The summed E-state index contributed by atoms with van der Waals surface area (Å²) in [4.78, 5) is 18.5. The van der Waals surface area contributed by atoms with Crippen molar-refractivity contribution >= 4 is 38.7 Å². The van der Waals surface area contributed by atoms with Crippen LogP contribution in [0.1, 0.15) is 34.0 Å². The zero-order chi connectivity index (χ0) is 15.1. The van der Waals surface area contributed by atoms with E-state index in [-0.39, 0.29) is 0 Å². The molecule has 0 radical (unpaired) electrons. The van der Waals surface area contributed by atoms with Crippen LogP contribution in [0, 0.1) is 6.92 Å². The molecule has 0 N–H and O–H groups in total. The highest BCUT2D eigenvalue weighted by Gasteiger charge is 2.21. The van der Waals surface area contributed by atoms with Crippen LogP contribution in [-0.4, -0.2) is 22.0 Å². The Kier molecular flexibility index (Phi) is 3.58. The summed E-state index contributed by atoms with van der Waals surface area (Å²) in [5.41, 5.74) is 2.58. The van der Waals surface area contributed by atoms with E-state index in [1.165, 1.54) is 41.5 Å². The third kappa shape index (κ3) is 2.40. The Morgan fingerprint density at radius 3 is 2.91 bits per heavy atom. The number of rotatable bonds is 3. The van der Waals surface area contributed by atoms with Crippen molar-refractivity contribution in [1.82, 2.24) is 15.0 Å². The molecule has 4 nitrogen and oxygen atoms in total. The van der Waals surface area contributed by atoms with Gasteiger partial charge in [-0.1, -0.05) is 0 Å². The van der Waals surface area contributed by atoms with Crippen molar-refractivity contribution in [2.75, 3.05) is 11.9 Å². The van der Waals surface area contributed by atoms with Crippen LogP contribution in [0.4, 0.5) is 5.82 Å². The maximum Gasteiger partial charge on any atom is 0.141 e. The normalized spacial score (nSPS) is 14.3. The summed E-state index contributed by atoms with van der Waals surface area (Å²) in [5.74, 6) is 1.05. The van der Waals surface area contributed by atoms with Crippen molar-refractivity contribution in [3.05, 3.63) is 32.8 Å². The predicted molar refractivity (Wildman–Crippen MR) is 93.0 cm³/mol. The van der Waals surface area contributed by atoms with Gasteiger partial charge in [-0.2, -0.15) is 0 Å². The molecule has 114 valence electrons. The zero-order valence-corrected chi connectivity index (χ0v) is 14.4. The fourth-order valence-corrected chi connectivity index (χ4v) is 5.16. The lowest BCUT2D eigenvalue weighted by Crippen LogP contribution is -2.18. The van der Waals surface area contributed by atoms with Crippen molar-refractivity contribution in [2.45, 2.75) is 39.2 Å². The number of thiazole rings is 1. The summed E-state index contributed by atoms with van der Waals surface area (Å²) in [7, 11) is 2.10. The molecule has 0 saturated carbocycles. The van der Waals surface area contributed by atoms with Crippen molar-refractivity contribution in [3.8, 4) is 0 Å². The quantitative estimate of drug-likeness (QED) is 0.729. The molecular weight excluding hydrogens is 312 g/mol. The van der Waals surface area contributed by atoms with Crippen LogP contribution >= 0.6 is 22.7 Å². The molecule has 4 rings (SSSR count). The minimum absolute atomic E-state index is 0.801. The van der Waals surface area contributed by atoms with E-state index < -0.39 is 0 Å². The van der Waals surface area contributed by atoms with Crippen LogP contribution < -0.4 is 4.90 Å². The van der Waals surface area contributed by atoms with Gasteiger partial charge in [-0.05, 0) is 38.2 Å². The van der Waals surface area contributed by atoms with Gasteiger partial charge in [0.15, 0.2) is 0 Å². The minimum atomic E-state index is 0.801. The molecule has 0 aliphatic heterocycles. The van der Waals surface area contributed by atoms with Gasteiger partial charge < -0.3 is 4.90 Å². The Bertz CT molecular complexity index is 821. The van der Waals surface area contributed by atoms with E-state index in [4.69, 9.17) is 0 Å². The largest absolute Gasteiger partial charge is 0.352 e. The molecule has 3 heterocycles.